The van der Waals surface area contributed by atoms with Gasteiger partial charge in [0.15, 0.2) is 0 Å². The van der Waals surface area contributed by atoms with Gasteiger partial charge in [0, 0.05) is 13.1 Å². The maximum absolute atomic E-state index is 9.71. The molecule has 4 N–H and O–H groups in total. The highest BCUT2D eigenvalue weighted by Crippen LogP contribution is 2.10. The average molecular weight is 271 g/mol. The number of aldehydes is 1. The zero-order valence-electron chi connectivity index (χ0n) is 9.42. The Kier molecular flexibility index (Phi) is 5.55. The van der Waals surface area contributed by atoms with Gasteiger partial charge in [-0.05, 0) is 0 Å². The number of nitrogens with one attached hydrogen (secondary N) is 2. The molecule has 96 valence electrons. The van der Waals surface area contributed by atoms with Crippen LogP contribution in [-0.4, -0.2) is 28.3 Å². The molecule has 0 saturated heterocycles. The van der Waals surface area contributed by atoms with Crippen molar-refractivity contribution in [1.29, 1.82) is 0 Å². The maximum atomic E-state index is 9.71. The molecule has 0 fully saturated rings. The molecule has 0 aromatic carbocycles. The Labute approximate surface area is 108 Å². The van der Waals surface area contributed by atoms with Gasteiger partial charge in [0.1, 0.15) is 17.2 Å². The molecule has 2 heterocycles. The van der Waals surface area contributed by atoms with Crippen LogP contribution in [0.2, 0.25) is 5.15 Å². The van der Waals surface area contributed by atoms with Gasteiger partial charge < -0.3 is 15.6 Å². The summed E-state index contributed by atoms with van der Waals surface area (Å²) in [5.41, 5.74) is 10.7. The highest BCUT2D eigenvalue weighted by atomic mass is 35.5. The Morgan fingerprint density at radius 2 is 2.28 bits per heavy atom. The number of hydrogen-bond acceptors (Lipinski definition) is 8. The summed E-state index contributed by atoms with van der Waals surface area (Å²) in [6.07, 6.45) is 3.33. The van der Waals surface area contributed by atoms with Crippen LogP contribution < -0.4 is 16.6 Å². The summed E-state index contributed by atoms with van der Waals surface area (Å²) in [6, 6.07) is 1.56. The average Bonchev–Trinajstić information content (AvgIpc) is 2.81. The monoisotopic (exact) mass is 270 g/mol. The zero-order valence-corrected chi connectivity index (χ0v) is 10.2. The third-order valence-corrected chi connectivity index (χ3v) is 1.71. The van der Waals surface area contributed by atoms with Gasteiger partial charge in [-0.15, -0.1) is 0 Å². The number of carbonyl (C=O) groups is 1. The lowest BCUT2D eigenvalue weighted by Crippen LogP contribution is -2.16. The zero-order chi connectivity index (χ0) is 13.4. The normalized spacial score (nSPS) is 9.22. The molecule has 2 aromatic heterocycles. The Hall–Kier alpha value is -2.19. The van der Waals surface area contributed by atoms with Crippen LogP contribution in [0, 0.1) is 0 Å². The van der Waals surface area contributed by atoms with Gasteiger partial charge in [-0.3, -0.25) is 4.79 Å². The first kappa shape index (κ1) is 13.9. The van der Waals surface area contributed by atoms with Crippen molar-refractivity contribution in [3.8, 4) is 0 Å². The fourth-order valence-electron chi connectivity index (χ4n) is 0.920. The third-order valence-electron chi connectivity index (χ3n) is 1.52. The fraction of sp³-hybridized carbons (Fsp3) is 0.111. The Morgan fingerprint density at radius 3 is 2.72 bits per heavy atom. The fourth-order valence-corrected chi connectivity index (χ4v) is 1.11. The highest BCUT2D eigenvalue weighted by Gasteiger charge is 1.97. The molecule has 0 radical (unpaired) electrons. The number of oxazole rings is 1. The molecule has 0 aliphatic carbocycles. The SMILES string of the molecule is CNNc1cc(Cl)nc(N)n1.O=Cc1ncco1. The van der Waals surface area contributed by atoms with Gasteiger partial charge in [-0.1, -0.05) is 11.6 Å². The summed E-state index contributed by atoms with van der Waals surface area (Å²) >= 11 is 5.59. The molecule has 0 amide bonds. The number of aromatic nitrogens is 3. The number of carbonyl (C=O) groups excluding carboxylic acids is 1. The van der Waals surface area contributed by atoms with E-state index < -0.39 is 0 Å². The van der Waals surface area contributed by atoms with Crippen LogP contribution in [0.3, 0.4) is 0 Å². The molecule has 0 aliphatic rings. The summed E-state index contributed by atoms with van der Waals surface area (Å²) in [4.78, 5) is 20.7. The molecule has 8 nitrogen and oxygen atoms in total. The van der Waals surface area contributed by atoms with Gasteiger partial charge in [0.05, 0.1) is 6.20 Å². The number of hydrogen-bond donors (Lipinski definition) is 3. The van der Waals surface area contributed by atoms with Crippen molar-refractivity contribution in [3.05, 3.63) is 29.6 Å². The summed E-state index contributed by atoms with van der Waals surface area (Å²) in [6.45, 7) is 0. The molecule has 0 saturated carbocycles. The highest BCUT2D eigenvalue weighted by molar-refractivity contribution is 6.29. The van der Waals surface area contributed by atoms with E-state index in [1.54, 1.807) is 13.1 Å². The number of rotatable bonds is 3. The van der Waals surface area contributed by atoms with Crippen molar-refractivity contribution in [2.75, 3.05) is 18.2 Å². The van der Waals surface area contributed by atoms with Gasteiger partial charge in [0.2, 0.25) is 12.2 Å². The molecule has 2 rings (SSSR count). The predicted octanol–water partition coefficient (Wildman–Crippen LogP) is 0.746. The minimum atomic E-state index is 0.125. The number of halogens is 1. The topological polar surface area (TPSA) is 119 Å². The molecule has 9 heteroatoms. The van der Waals surface area contributed by atoms with Crippen LogP contribution in [0.25, 0.3) is 0 Å². The van der Waals surface area contributed by atoms with E-state index in [0.717, 1.165) is 0 Å². The van der Waals surface area contributed by atoms with Crippen LogP contribution >= 0.6 is 11.6 Å². The quantitative estimate of drug-likeness (QED) is 0.424. The van der Waals surface area contributed by atoms with Gasteiger partial charge in [-0.2, -0.15) is 4.98 Å². The first-order valence-electron chi connectivity index (χ1n) is 4.73. The Balaban J connectivity index is 0.000000199. The smallest absolute Gasteiger partial charge is 0.259 e. The second-order valence-electron chi connectivity index (χ2n) is 2.80. The summed E-state index contributed by atoms with van der Waals surface area (Å²) in [5.74, 6) is 0.820. The van der Waals surface area contributed by atoms with Crippen molar-refractivity contribution >= 4 is 29.7 Å². The second-order valence-corrected chi connectivity index (χ2v) is 3.18. The molecule has 18 heavy (non-hydrogen) atoms. The standard InChI is InChI=1S/C5H8ClN5.C4H3NO2/c1-8-11-4-2-3(6)9-5(7)10-4;6-3-4-5-1-2-7-4/h2,8H,1H3,(H3,7,9,10,11);1-3H. The van der Waals surface area contributed by atoms with E-state index in [9.17, 15) is 4.79 Å². The van der Waals surface area contributed by atoms with Crippen molar-refractivity contribution in [2.24, 2.45) is 0 Å². The first-order chi connectivity index (χ1) is 8.65. The van der Waals surface area contributed by atoms with Crippen LogP contribution in [0.4, 0.5) is 11.8 Å². The predicted molar refractivity (Wildman–Crippen MR) is 66.0 cm³/mol. The third kappa shape index (κ3) is 4.76. The van der Waals surface area contributed by atoms with Crippen LogP contribution in [-0.2, 0) is 0 Å². The van der Waals surface area contributed by atoms with E-state index in [1.807, 2.05) is 0 Å². The molecular formula is C9H11ClN6O2. The maximum Gasteiger partial charge on any atom is 0.259 e. The van der Waals surface area contributed by atoms with E-state index >= 15 is 0 Å². The molecule has 0 aliphatic heterocycles. The van der Waals surface area contributed by atoms with Crippen LogP contribution in [0.1, 0.15) is 10.7 Å². The van der Waals surface area contributed by atoms with E-state index in [2.05, 4.69) is 30.2 Å². The van der Waals surface area contributed by atoms with Crippen LogP contribution in [0.15, 0.2) is 22.9 Å². The Morgan fingerprint density at radius 1 is 1.50 bits per heavy atom. The molecular weight excluding hydrogens is 260 g/mol. The van der Waals surface area contributed by atoms with E-state index in [1.165, 1.54) is 12.5 Å². The summed E-state index contributed by atoms with van der Waals surface area (Å²) in [7, 11) is 1.71. The minimum absolute atomic E-state index is 0.125. The number of nitrogens with two attached hydrogens (primary N) is 1. The van der Waals surface area contributed by atoms with E-state index in [-0.39, 0.29) is 11.8 Å². The minimum Gasteiger partial charge on any atom is -0.443 e. The van der Waals surface area contributed by atoms with Crippen molar-refractivity contribution in [1.82, 2.24) is 20.4 Å². The lowest BCUT2D eigenvalue weighted by atomic mass is 10.6. The number of hydrazine groups is 1. The molecule has 0 unspecified atom stereocenters. The largest absolute Gasteiger partial charge is 0.443 e. The van der Waals surface area contributed by atoms with Crippen molar-refractivity contribution < 1.29 is 9.21 Å². The summed E-state index contributed by atoms with van der Waals surface area (Å²) < 4.78 is 4.50. The van der Waals surface area contributed by atoms with Gasteiger partial charge >= 0.3 is 0 Å². The number of nitrogen functional groups attached to an aromatic ring is 1. The lowest BCUT2D eigenvalue weighted by molar-refractivity contribution is 0.109. The lowest BCUT2D eigenvalue weighted by Gasteiger charge is -2.02. The summed E-state index contributed by atoms with van der Waals surface area (Å²) in [5, 5.41) is 0.315. The van der Waals surface area contributed by atoms with E-state index in [0.29, 0.717) is 17.3 Å². The number of anilines is 2. The molecule has 0 bridgehead atoms. The molecule has 2 aromatic rings. The molecule has 0 spiro atoms. The Bertz CT molecular complexity index is 470. The second kappa shape index (κ2) is 7.20. The van der Waals surface area contributed by atoms with Crippen molar-refractivity contribution in [3.63, 3.8) is 0 Å². The van der Waals surface area contributed by atoms with Crippen LogP contribution in [0.5, 0.6) is 0 Å². The van der Waals surface area contributed by atoms with Gasteiger partial charge in [-0.25, -0.2) is 15.4 Å². The van der Waals surface area contributed by atoms with E-state index in [4.69, 9.17) is 17.3 Å². The molecule has 0 atom stereocenters. The number of nitrogens with zero attached hydrogens (tertiary/aromatic N) is 3. The van der Waals surface area contributed by atoms with Crippen molar-refractivity contribution in [2.45, 2.75) is 0 Å². The van der Waals surface area contributed by atoms with Gasteiger partial charge in [0.25, 0.3) is 5.89 Å². The first-order valence-corrected chi connectivity index (χ1v) is 5.11.